The second kappa shape index (κ2) is 4.16. The van der Waals surface area contributed by atoms with E-state index in [0.29, 0.717) is 5.69 Å². The summed E-state index contributed by atoms with van der Waals surface area (Å²) >= 11 is 0. The molecule has 3 nitrogen and oxygen atoms in total. The topological polar surface area (TPSA) is 39.1 Å². The molecule has 18 heavy (non-hydrogen) atoms. The van der Waals surface area contributed by atoms with E-state index in [-0.39, 0.29) is 0 Å². The Labute approximate surface area is 101 Å². The average molecular weight is 275 g/mol. The van der Waals surface area contributed by atoms with Crippen LogP contribution < -0.4 is 0 Å². The van der Waals surface area contributed by atoms with Crippen molar-refractivity contribution in [3.05, 3.63) is 48.8 Å². The summed E-state index contributed by atoms with van der Waals surface area (Å²) in [5, 5.41) is 0. The van der Waals surface area contributed by atoms with Crippen LogP contribution in [0.15, 0.2) is 53.7 Å². The van der Waals surface area contributed by atoms with E-state index in [2.05, 4.69) is 0 Å². The largest absolute Gasteiger partial charge is 0.501 e. The normalized spacial score (nSPS) is 12.6. The van der Waals surface area contributed by atoms with Crippen molar-refractivity contribution >= 4 is 9.84 Å². The lowest BCUT2D eigenvalue weighted by atomic mass is 10.3. The van der Waals surface area contributed by atoms with Crippen molar-refractivity contribution in [3.63, 3.8) is 0 Å². The zero-order valence-electron chi connectivity index (χ0n) is 8.92. The summed E-state index contributed by atoms with van der Waals surface area (Å²) in [5.74, 6) is 0. The average Bonchev–Trinajstić information content (AvgIpc) is 2.81. The third-order valence-electron chi connectivity index (χ3n) is 2.35. The zero-order valence-corrected chi connectivity index (χ0v) is 9.74. The summed E-state index contributed by atoms with van der Waals surface area (Å²) in [7, 11) is -5.27. The Morgan fingerprint density at radius 3 is 1.89 bits per heavy atom. The van der Waals surface area contributed by atoms with E-state index in [1.54, 1.807) is 29.1 Å². The summed E-state index contributed by atoms with van der Waals surface area (Å²) in [5.41, 5.74) is -4.69. The maximum atomic E-state index is 12.3. The Kier molecular flexibility index (Phi) is 2.94. The molecule has 0 atom stereocenters. The van der Waals surface area contributed by atoms with Gasteiger partial charge in [0.1, 0.15) is 0 Å². The van der Waals surface area contributed by atoms with Crippen molar-refractivity contribution in [1.82, 2.24) is 4.57 Å². The molecule has 7 heteroatoms. The lowest BCUT2D eigenvalue weighted by Crippen LogP contribution is -2.23. The van der Waals surface area contributed by atoms with Gasteiger partial charge in [0, 0.05) is 18.1 Å². The fourth-order valence-corrected chi connectivity index (χ4v) is 2.20. The van der Waals surface area contributed by atoms with Crippen LogP contribution >= 0.6 is 0 Å². The van der Waals surface area contributed by atoms with E-state index < -0.39 is 20.2 Å². The van der Waals surface area contributed by atoms with E-state index in [1.165, 1.54) is 12.1 Å². The van der Waals surface area contributed by atoms with Gasteiger partial charge in [-0.05, 0) is 36.4 Å². The lowest BCUT2D eigenvalue weighted by Gasteiger charge is -2.09. The van der Waals surface area contributed by atoms with Crippen LogP contribution in [0.4, 0.5) is 13.2 Å². The molecular weight excluding hydrogens is 267 g/mol. The van der Waals surface area contributed by atoms with Crippen LogP contribution in [0.3, 0.4) is 0 Å². The van der Waals surface area contributed by atoms with Crippen LogP contribution in [-0.4, -0.2) is 18.5 Å². The maximum absolute atomic E-state index is 12.3. The number of hydrogen-bond donors (Lipinski definition) is 0. The van der Waals surface area contributed by atoms with E-state index in [9.17, 15) is 21.6 Å². The number of benzene rings is 1. The molecule has 0 aliphatic carbocycles. The number of sulfone groups is 1. The van der Waals surface area contributed by atoms with Gasteiger partial charge in [-0.2, -0.15) is 13.2 Å². The quantitative estimate of drug-likeness (QED) is 0.845. The van der Waals surface area contributed by atoms with E-state index >= 15 is 0 Å². The molecule has 2 rings (SSSR count). The molecule has 0 spiro atoms. The highest BCUT2D eigenvalue weighted by Gasteiger charge is 2.46. The third-order valence-corrected chi connectivity index (χ3v) is 3.86. The number of rotatable bonds is 2. The number of hydrogen-bond acceptors (Lipinski definition) is 2. The van der Waals surface area contributed by atoms with Crippen molar-refractivity contribution in [2.24, 2.45) is 0 Å². The summed E-state index contributed by atoms with van der Waals surface area (Å²) in [6, 6.07) is 8.02. The molecule has 1 aromatic heterocycles. The highest BCUT2D eigenvalue weighted by molar-refractivity contribution is 7.92. The minimum Gasteiger partial charge on any atom is -0.324 e. The molecule has 0 fully saturated rings. The molecule has 1 heterocycles. The number of aromatic nitrogens is 1. The third kappa shape index (κ3) is 2.13. The molecule has 0 saturated heterocycles. The van der Waals surface area contributed by atoms with Gasteiger partial charge < -0.3 is 4.57 Å². The van der Waals surface area contributed by atoms with E-state index in [1.807, 2.05) is 0 Å². The second-order valence-corrected chi connectivity index (χ2v) is 5.47. The summed E-state index contributed by atoms with van der Waals surface area (Å²) in [4.78, 5) is -0.758. The summed E-state index contributed by atoms with van der Waals surface area (Å²) in [6.07, 6.45) is 3.40. The van der Waals surface area contributed by atoms with Crippen LogP contribution in [0, 0.1) is 0 Å². The van der Waals surface area contributed by atoms with Crippen LogP contribution in [-0.2, 0) is 9.84 Å². The van der Waals surface area contributed by atoms with Gasteiger partial charge in [-0.3, -0.25) is 0 Å². The number of nitrogens with zero attached hydrogens (tertiary/aromatic N) is 1. The Morgan fingerprint density at radius 1 is 0.944 bits per heavy atom. The van der Waals surface area contributed by atoms with Gasteiger partial charge in [0.2, 0.25) is 0 Å². The molecule has 96 valence electrons. The highest BCUT2D eigenvalue weighted by Crippen LogP contribution is 2.30. The molecule has 0 aliphatic heterocycles. The van der Waals surface area contributed by atoms with Gasteiger partial charge in [-0.25, -0.2) is 8.42 Å². The maximum Gasteiger partial charge on any atom is 0.501 e. The monoisotopic (exact) mass is 275 g/mol. The molecule has 0 saturated carbocycles. The smallest absolute Gasteiger partial charge is 0.324 e. The number of halogens is 3. The molecule has 2 aromatic rings. The van der Waals surface area contributed by atoms with Crippen LogP contribution in [0.2, 0.25) is 0 Å². The first-order valence-corrected chi connectivity index (χ1v) is 6.35. The van der Waals surface area contributed by atoms with Gasteiger partial charge in [0.15, 0.2) is 0 Å². The lowest BCUT2D eigenvalue weighted by molar-refractivity contribution is -0.0436. The van der Waals surface area contributed by atoms with Gasteiger partial charge >= 0.3 is 5.51 Å². The van der Waals surface area contributed by atoms with E-state index in [0.717, 1.165) is 12.1 Å². The Bertz CT molecular complexity index is 628. The molecule has 0 radical (unpaired) electrons. The van der Waals surface area contributed by atoms with Gasteiger partial charge in [-0.15, -0.1) is 0 Å². The minimum atomic E-state index is -5.28. The highest BCUT2D eigenvalue weighted by atomic mass is 32.2. The summed E-state index contributed by atoms with van der Waals surface area (Å²) < 4.78 is 60.8. The van der Waals surface area contributed by atoms with Crippen molar-refractivity contribution < 1.29 is 21.6 Å². The van der Waals surface area contributed by atoms with Crippen molar-refractivity contribution in [3.8, 4) is 5.69 Å². The summed E-state index contributed by atoms with van der Waals surface area (Å²) in [6.45, 7) is 0. The predicted octanol–water partition coefficient (Wildman–Crippen LogP) is 2.77. The first-order chi connectivity index (χ1) is 8.32. The molecule has 0 aliphatic rings. The van der Waals surface area contributed by atoms with Crippen molar-refractivity contribution in [2.75, 3.05) is 0 Å². The molecule has 0 bridgehead atoms. The molecule has 0 amide bonds. The van der Waals surface area contributed by atoms with Crippen LogP contribution in [0.5, 0.6) is 0 Å². The minimum absolute atomic E-state index is 0.584. The Hall–Kier alpha value is -1.76. The second-order valence-electron chi connectivity index (χ2n) is 3.53. The first-order valence-electron chi connectivity index (χ1n) is 4.87. The van der Waals surface area contributed by atoms with E-state index in [4.69, 9.17) is 0 Å². The van der Waals surface area contributed by atoms with Crippen LogP contribution in [0.25, 0.3) is 5.69 Å². The molecular formula is C11H8F3NO2S. The Morgan fingerprint density at radius 2 is 1.44 bits per heavy atom. The molecule has 0 unspecified atom stereocenters. The predicted molar refractivity (Wildman–Crippen MR) is 59.0 cm³/mol. The fraction of sp³-hybridized carbons (Fsp3) is 0.0909. The standard InChI is InChI=1S/C11H8F3NO2S/c12-11(13,14)18(16,17)10-5-3-9(4-6-10)15-7-1-2-8-15/h1-8H. The zero-order chi connectivity index (χ0) is 13.4. The van der Waals surface area contributed by atoms with Crippen molar-refractivity contribution in [1.29, 1.82) is 0 Å². The van der Waals surface area contributed by atoms with Gasteiger partial charge in [0.25, 0.3) is 9.84 Å². The van der Waals surface area contributed by atoms with Gasteiger partial charge in [0.05, 0.1) is 4.90 Å². The Balaban J connectivity index is 2.40. The van der Waals surface area contributed by atoms with Crippen LogP contribution in [0.1, 0.15) is 0 Å². The molecule has 0 N–H and O–H groups in total. The number of alkyl halides is 3. The molecule has 1 aromatic carbocycles. The SMILES string of the molecule is O=S(=O)(c1ccc(-n2cccc2)cc1)C(F)(F)F. The fourth-order valence-electron chi connectivity index (χ4n) is 1.44. The van der Waals surface area contributed by atoms with Crippen molar-refractivity contribution in [2.45, 2.75) is 10.4 Å². The first kappa shape index (κ1) is 12.7. The van der Waals surface area contributed by atoms with Gasteiger partial charge in [-0.1, -0.05) is 0 Å².